The van der Waals surface area contributed by atoms with E-state index in [0.717, 1.165) is 11.1 Å². The number of rotatable bonds is 3. The molecule has 0 aromatic heterocycles. The van der Waals surface area contributed by atoms with Crippen LogP contribution in [0, 0.1) is 19.7 Å². The fourth-order valence-electron chi connectivity index (χ4n) is 1.91. The van der Waals surface area contributed by atoms with Crippen molar-refractivity contribution in [2.45, 2.75) is 13.8 Å². The van der Waals surface area contributed by atoms with Gasteiger partial charge in [0.1, 0.15) is 10.8 Å². The molecule has 0 aliphatic heterocycles. The Morgan fingerprint density at radius 2 is 1.90 bits per heavy atom. The van der Waals surface area contributed by atoms with Crippen molar-refractivity contribution < 1.29 is 9.18 Å². The van der Waals surface area contributed by atoms with Gasteiger partial charge >= 0.3 is 0 Å². The van der Waals surface area contributed by atoms with E-state index >= 15 is 0 Å². The summed E-state index contributed by atoms with van der Waals surface area (Å²) in [7, 11) is 0. The summed E-state index contributed by atoms with van der Waals surface area (Å²) in [5.41, 5.74) is 8.46. The van der Waals surface area contributed by atoms with E-state index in [1.807, 2.05) is 6.92 Å². The number of aryl methyl sites for hydroxylation is 2. The number of hydrogen-bond donors (Lipinski definition) is 2. The van der Waals surface area contributed by atoms with Crippen LogP contribution in [0.1, 0.15) is 27.0 Å². The summed E-state index contributed by atoms with van der Waals surface area (Å²) in [4.78, 5) is 12.4. The minimum Gasteiger partial charge on any atom is -0.389 e. The molecule has 2 aromatic carbocycles. The maximum absolute atomic E-state index is 13.7. The SMILES string of the molecule is Cc1ccc(F)c(C(=O)Nc2cc(C(N)=S)ccc2C)c1. The second kappa shape index (κ2) is 6.01. The standard InChI is InChI=1S/C16H15FN2OS/c1-9-3-6-13(17)12(7-9)16(20)19-14-8-11(15(18)21)5-4-10(14)2/h3-8H,1-2H3,(H2,18,21)(H,19,20). The summed E-state index contributed by atoms with van der Waals surface area (Å²) in [6.07, 6.45) is 0. The van der Waals surface area contributed by atoms with E-state index in [9.17, 15) is 9.18 Å². The summed E-state index contributed by atoms with van der Waals surface area (Å²) >= 11 is 4.91. The lowest BCUT2D eigenvalue weighted by Gasteiger charge is -2.11. The van der Waals surface area contributed by atoms with E-state index in [-0.39, 0.29) is 10.6 Å². The van der Waals surface area contributed by atoms with E-state index in [2.05, 4.69) is 5.32 Å². The first-order valence-corrected chi connectivity index (χ1v) is 6.77. The average Bonchev–Trinajstić information content (AvgIpc) is 2.43. The van der Waals surface area contributed by atoms with E-state index < -0.39 is 11.7 Å². The topological polar surface area (TPSA) is 55.1 Å². The van der Waals surface area contributed by atoms with E-state index in [0.29, 0.717) is 11.3 Å². The van der Waals surface area contributed by atoms with Crippen molar-refractivity contribution in [1.29, 1.82) is 0 Å². The molecule has 0 aliphatic rings. The van der Waals surface area contributed by atoms with Crippen molar-refractivity contribution in [3.8, 4) is 0 Å². The fourth-order valence-corrected chi connectivity index (χ4v) is 2.04. The van der Waals surface area contributed by atoms with Crippen LogP contribution in [0.5, 0.6) is 0 Å². The molecule has 0 fully saturated rings. The highest BCUT2D eigenvalue weighted by atomic mass is 32.1. The van der Waals surface area contributed by atoms with Crippen LogP contribution in [0.2, 0.25) is 0 Å². The number of halogens is 1. The van der Waals surface area contributed by atoms with Crippen LogP contribution < -0.4 is 11.1 Å². The van der Waals surface area contributed by atoms with Gasteiger partial charge in [0.15, 0.2) is 0 Å². The van der Waals surface area contributed by atoms with Gasteiger partial charge in [-0.3, -0.25) is 4.79 Å². The molecule has 5 heteroatoms. The number of nitrogens with two attached hydrogens (primary N) is 1. The highest BCUT2D eigenvalue weighted by Gasteiger charge is 2.13. The third kappa shape index (κ3) is 3.44. The lowest BCUT2D eigenvalue weighted by Crippen LogP contribution is -2.16. The molecule has 3 N–H and O–H groups in total. The van der Waals surface area contributed by atoms with Gasteiger partial charge in [-0.1, -0.05) is 36.0 Å². The fraction of sp³-hybridized carbons (Fsp3) is 0.125. The zero-order valence-corrected chi connectivity index (χ0v) is 12.6. The Hall–Kier alpha value is -2.27. The summed E-state index contributed by atoms with van der Waals surface area (Å²) in [5.74, 6) is -1.05. The Kier molecular flexibility index (Phi) is 4.33. The molecule has 0 spiro atoms. The first kappa shape index (κ1) is 15.1. The lowest BCUT2D eigenvalue weighted by molar-refractivity contribution is 0.102. The number of amides is 1. The highest BCUT2D eigenvalue weighted by molar-refractivity contribution is 7.80. The molecule has 0 saturated heterocycles. The van der Waals surface area contributed by atoms with Crippen LogP contribution in [-0.4, -0.2) is 10.9 Å². The molecule has 0 radical (unpaired) electrons. The molecule has 1 amide bonds. The number of carbonyl (C=O) groups is 1. The number of thiocarbonyl (C=S) groups is 1. The number of hydrogen-bond acceptors (Lipinski definition) is 2. The van der Waals surface area contributed by atoms with E-state index in [1.54, 1.807) is 31.2 Å². The minimum atomic E-state index is -0.554. The highest BCUT2D eigenvalue weighted by Crippen LogP contribution is 2.19. The monoisotopic (exact) mass is 302 g/mol. The van der Waals surface area contributed by atoms with Crippen LogP contribution in [0.4, 0.5) is 10.1 Å². The smallest absolute Gasteiger partial charge is 0.258 e. The molecule has 21 heavy (non-hydrogen) atoms. The van der Waals surface area contributed by atoms with Gasteiger partial charge in [-0.25, -0.2) is 4.39 Å². The predicted octanol–water partition coefficient (Wildman–Crippen LogP) is 3.33. The quantitative estimate of drug-likeness (QED) is 0.855. The Morgan fingerprint density at radius 1 is 1.19 bits per heavy atom. The molecule has 108 valence electrons. The normalized spacial score (nSPS) is 10.2. The third-order valence-corrected chi connectivity index (χ3v) is 3.37. The first-order chi connectivity index (χ1) is 9.88. The maximum atomic E-state index is 13.7. The Morgan fingerprint density at radius 3 is 2.57 bits per heavy atom. The number of benzene rings is 2. The van der Waals surface area contributed by atoms with Gasteiger partial charge in [0, 0.05) is 11.3 Å². The zero-order valence-electron chi connectivity index (χ0n) is 11.7. The first-order valence-electron chi connectivity index (χ1n) is 6.36. The Bertz CT molecular complexity index is 728. The second-order valence-corrected chi connectivity index (χ2v) is 5.27. The molecule has 0 bridgehead atoms. The van der Waals surface area contributed by atoms with Crippen molar-refractivity contribution in [3.05, 3.63) is 64.5 Å². The Balaban J connectivity index is 2.33. The largest absolute Gasteiger partial charge is 0.389 e. The van der Waals surface area contributed by atoms with Crippen molar-refractivity contribution in [2.24, 2.45) is 5.73 Å². The predicted molar refractivity (Wildman–Crippen MR) is 86.2 cm³/mol. The van der Waals surface area contributed by atoms with Gasteiger partial charge in [-0.05, 0) is 37.6 Å². The van der Waals surface area contributed by atoms with Gasteiger partial charge in [-0.15, -0.1) is 0 Å². The third-order valence-electron chi connectivity index (χ3n) is 3.14. The van der Waals surface area contributed by atoms with Crippen molar-refractivity contribution in [1.82, 2.24) is 0 Å². The summed E-state index contributed by atoms with van der Waals surface area (Å²) in [6.45, 7) is 3.64. The number of anilines is 1. The zero-order chi connectivity index (χ0) is 15.6. The molecule has 0 saturated carbocycles. The van der Waals surface area contributed by atoms with Crippen LogP contribution in [0.15, 0.2) is 36.4 Å². The summed E-state index contributed by atoms with van der Waals surface area (Å²) in [6, 6.07) is 9.67. The van der Waals surface area contributed by atoms with Crippen molar-refractivity contribution in [3.63, 3.8) is 0 Å². The number of carbonyl (C=O) groups excluding carboxylic acids is 1. The summed E-state index contributed by atoms with van der Waals surface area (Å²) in [5, 5.41) is 2.70. The van der Waals surface area contributed by atoms with Gasteiger partial charge in [0.25, 0.3) is 5.91 Å². The molecule has 3 nitrogen and oxygen atoms in total. The van der Waals surface area contributed by atoms with Crippen LogP contribution in [0.3, 0.4) is 0 Å². The summed E-state index contributed by atoms with van der Waals surface area (Å²) < 4.78 is 13.7. The van der Waals surface area contributed by atoms with Gasteiger partial charge < -0.3 is 11.1 Å². The maximum Gasteiger partial charge on any atom is 0.258 e. The van der Waals surface area contributed by atoms with Gasteiger partial charge in [0.2, 0.25) is 0 Å². The van der Waals surface area contributed by atoms with Crippen molar-refractivity contribution in [2.75, 3.05) is 5.32 Å². The molecule has 0 heterocycles. The molecule has 2 aromatic rings. The second-order valence-electron chi connectivity index (χ2n) is 4.83. The molecular formula is C16H15FN2OS. The Labute approximate surface area is 128 Å². The van der Waals surface area contributed by atoms with E-state index in [1.165, 1.54) is 12.1 Å². The van der Waals surface area contributed by atoms with Gasteiger partial charge in [-0.2, -0.15) is 0 Å². The number of nitrogens with one attached hydrogen (secondary N) is 1. The van der Waals surface area contributed by atoms with Crippen LogP contribution >= 0.6 is 12.2 Å². The van der Waals surface area contributed by atoms with Crippen LogP contribution in [0.25, 0.3) is 0 Å². The minimum absolute atomic E-state index is 0.00938. The molecule has 0 atom stereocenters. The molecule has 0 aliphatic carbocycles. The van der Waals surface area contributed by atoms with E-state index in [4.69, 9.17) is 18.0 Å². The molecule has 2 rings (SSSR count). The molecule has 0 unspecified atom stereocenters. The average molecular weight is 302 g/mol. The van der Waals surface area contributed by atoms with Crippen molar-refractivity contribution >= 4 is 28.8 Å². The lowest BCUT2D eigenvalue weighted by atomic mass is 10.1. The molecular weight excluding hydrogens is 287 g/mol. The van der Waals surface area contributed by atoms with Gasteiger partial charge in [0.05, 0.1) is 5.56 Å². The van der Waals surface area contributed by atoms with Crippen LogP contribution in [-0.2, 0) is 0 Å².